The molecule has 2 aromatic carbocycles. The van der Waals surface area contributed by atoms with Gasteiger partial charge in [-0.1, -0.05) is 41.9 Å². The minimum Gasteiger partial charge on any atom is -0.481 e. The monoisotopic (exact) mass is 781 g/mol. The molecule has 0 saturated heterocycles. The van der Waals surface area contributed by atoms with Gasteiger partial charge >= 0.3 is 5.97 Å². The lowest BCUT2D eigenvalue weighted by Crippen LogP contribution is -2.36. The molecule has 0 radical (unpaired) electrons. The number of anilines is 1. The largest absolute Gasteiger partial charge is 0.481 e. The van der Waals surface area contributed by atoms with Gasteiger partial charge in [-0.05, 0) is 87.1 Å². The maximum absolute atomic E-state index is 13.8. The van der Waals surface area contributed by atoms with Crippen LogP contribution >= 0.6 is 11.6 Å². The molecule has 2 saturated carbocycles. The van der Waals surface area contributed by atoms with Crippen molar-refractivity contribution in [2.24, 2.45) is 24.9 Å². The first-order valence-corrected chi connectivity index (χ1v) is 20.3. The smallest absolute Gasteiger partial charge is 0.309 e. The summed E-state index contributed by atoms with van der Waals surface area (Å²) < 4.78 is 3.81. The third-order valence-corrected chi connectivity index (χ3v) is 13.8. The van der Waals surface area contributed by atoms with Crippen molar-refractivity contribution >= 4 is 34.9 Å². The molecule has 0 unspecified atom stereocenters. The summed E-state index contributed by atoms with van der Waals surface area (Å²) in [5.74, 6) is -0.251. The molecule has 8 rings (SSSR count). The maximum atomic E-state index is 13.8. The number of fused-ring (bicyclic) bond motifs is 4. The second kappa shape index (κ2) is 14.9. The van der Waals surface area contributed by atoms with Crippen molar-refractivity contribution in [1.82, 2.24) is 28.9 Å². The molecule has 4 aliphatic rings. The molecule has 2 aromatic heterocycles. The summed E-state index contributed by atoms with van der Waals surface area (Å²) in [7, 11) is 3.79. The third-order valence-electron chi connectivity index (χ3n) is 13.4. The van der Waals surface area contributed by atoms with Crippen molar-refractivity contribution in [3.63, 3.8) is 0 Å². The van der Waals surface area contributed by atoms with E-state index in [0.717, 1.165) is 116 Å². The van der Waals surface area contributed by atoms with Gasteiger partial charge in [-0.3, -0.25) is 24.2 Å². The Balaban J connectivity index is 0.938. The van der Waals surface area contributed by atoms with Crippen molar-refractivity contribution in [2.45, 2.75) is 90.8 Å². The number of halogens is 1. The molecule has 3 N–H and O–H groups in total. The average molecular weight is 782 g/mol. The van der Waals surface area contributed by atoms with E-state index in [4.69, 9.17) is 21.6 Å². The summed E-state index contributed by atoms with van der Waals surface area (Å²) in [5.41, 5.74) is 7.47. The lowest BCUT2D eigenvalue weighted by atomic mass is 9.80. The fourth-order valence-electron chi connectivity index (χ4n) is 10.1. The van der Waals surface area contributed by atoms with E-state index < -0.39 is 17.5 Å². The standard InChI is InChI=1S/C43H52ClN7O5/c1-26(52)22-51-19-12-34-33(24-51)45-38(48(34)3)36(53)21-28-7-5-8-29(27(28)2)30-9-6-10-31(37(30)44)47-40(54)39-46-32-23-50(18-11-35(32)49(39)4)20-17-42-13-15-43(25-42,16-14-42)41(55)56/h5-10,26,52H,11-25H2,1-4H3,(H,47,54)(H,55,56)/t26-,42?,43?/m1/s1. The van der Waals surface area contributed by atoms with Crippen LogP contribution in [0.15, 0.2) is 36.4 Å². The first-order chi connectivity index (χ1) is 26.8. The van der Waals surface area contributed by atoms with Crippen LogP contribution in [0.5, 0.6) is 0 Å². The number of nitrogens with zero attached hydrogens (tertiary/aromatic N) is 6. The molecule has 56 heavy (non-hydrogen) atoms. The van der Waals surface area contributed by atoms with Crippen molar-refractivity contribution in [2.75, 3.05) is 31.5 Å². The highest BCUT2D eigenvalue weighted by molar-refractivity contribution is 6.36. The van der Waals surface area contributed by atoms with Gasteiger partial charge in [0, 0.05) is 83.0 Å². The molecule has 0 spiro atoms. The summed E-state index contributed by atoms with van der Waals surface area (Å²) in [6.45, 7) is 8.21. The lowest BCUT2D eigenvalue weighted by Gasteiger charge is -2.32. The number of carboxylic acids is 1. The molecule has 1 atom stereocenters. The fraction of sp³-hybridized carbons (Fsp3) is 0.512. The minimum absolute atomic E-state index is 0.0635. The number of hydrogen-bond donors (Lipinski definition) is 3. The Morgan fingerprint density at radius 1 is 0.893 bits per heavy atom. The molecular formula is C43H52ClN7O5. The van der Waals surface area contributed by atoms with Crippen LogP contribution in [-0.4, -0.2) is 89.1 Å². The Labute approximate surface area is 332 Å². The fourth-order valence-corrected chi connectivity index (χ4v) is 10.4. The zero-order valence-corrected chi connectivity index (χ0v) is 33.6. The van der Waals surface area contributed by atoms with E-state index in [1.165, 1.54) is 0 Å². The van der Waals surface area contributed by atoms with Crippen LogP contribution in [0.4, 0.5) is 5.69 Å². The van der Waals surface area contributed by atoms with Gasteiger partial charge in [-0.25, -0.2) is 9.97 Å². The van der Waals surface area contributed by atoms with E-state index in [1.54, 1.807) is 13.0 Å². The number of amides is 1. The number of hydrogen-bond acceptors (Lipinski definition) is 8. The van der Waals surface area contributed by atoms with Gasteiger partial charge in [0.05, 0.1) is 33.6 Å². The van der Waals surface area contributed by atoms with Crippen LogP contribution < -0.4 is 5.32 Å². The number of aromatic nitrogens is 4. The molecule has 4 aromatic rings. The molecule has 2 aliphatic heterocycles. The maximum Gasteiger partial charge on any atom is 0.309 e. The predicted molar refractivity (Wildman–Crippen MR) is 214 cm³/mol. The SMILES string of the molecule is Cc1c(CC(=O)c2nc3c(n2C)CCN(C[C@@H](C)O)C3)cccc1-c1cccc(NC(=O)c2nc3c(n2C)CCN(CCC24CCC(C(=O)O)(CC2)C4)C3)c1Cl. The second-order valence-corrected chi connectivity index (χ2v) is 17.3. The van der Waals surface area contributed by atoms with E-state index >= 15 is 0 Å². The van der Waals surface area contributed by atoms with Crippen molar-refractivity contribution in [3.05, 3.63) is 87.0 Å². The molecule has 2 bridgehead atoms. The van der Waals surface area contributed by atoms with Gasteiger partial charge in [0.25, 0.3) is 5.91 Å². The first kappa shape index (κ1) is 38.5. The van der Waals surface area contributed by atoms with Crippen LogP contribution in [-0.2, 0) is 51.2 Å². The molecular weight excluding hydrogens is 730 g/mol. The van der Waals surface area contributed by atoms with Gasteiger partial charge in [0.2, 0.25) is 5.78 Å². The predicted octanol–water partition coefficient (Wildman–Crippen LogP) is 5.98. The number of carboxylic acid groups (broad SMARTS) is 1. The Morgan fingerprint density at radius 3 is 2.20 bits per heavy atom. The molecule has 1 amide bonds. The van der Waals surface area contributed by atoms with Crippen molar-refractivity contribution < 1.29 is 24.6 Å². The van der Waals surface area contributed by atoms with Crippen LogP contribution in [0.2, 0.25) is 5.02 Å². The van der Waals surface area contributed by atoms with Gasteiger partial charge in [0.15, 0.2) is 11.6 Å². The van der Waals surface area contributed by atoms with Crippen LogP contribution in [0, 0.1) is 17.8 Å². The van der Waals surface area contributed by atoms with E-state index in [9.17, 15) is 24.6 Å². The number of rotatable bonds is 12. The second-order valence-electron chi connectivity index (χ2n) is 17.0. The Bertz CT molecular complexity index is 2220. The number of Topliss-reactive ketones (excluding diaryl/α,β-unsaturated/α-hetero) is 1. The number of benzene rings is 2. The van der Waals surface area contributed by atoms with Gasteiger partial charge in [-0.2, -0.15) is 0 Å². The summed E-state index contributed by atoms with van der Waals surface area (Å²) in [6, 6.07) is 11.4. The van der Waals surface area contributed by atoms with Gasteiger partial charge < -0.3 is 24.7 Å². The molecule has 12 nitrogen and oxygen atoms in total. The molecule has 4 heterocycles. The van der Waals surface area contributed by atoms with Crippen molar-refractivity contribution in [1.29, 1.82) is 0 Å². The highest BCUT2D eigenvalue weighted by Crippen LogP contribution is 2.63. The number of aliphatic carboxylic acids is 1. The molecule has 13 heteroatoms. The number of aliphatic hydroxyl groups is 1. The quantitative estimate of drug-likeness (QED) is 0.148. The van der Waals surface area contributed by atoms with Gasteiger partial charge in [-0.15, -0.1) is 0 Å². The molecule has 2 fully saturated rings. The van der Waals surface area contributed by atoms with E-state index in [-0.39, 0.29) is 23.5 Å². The number of nitrogens with one attached hydrogen (secondary N) is 1. The topological polar surface area (TPSA) is 146 Å². The van der Waals surface area contributed by atoms with Crippen LogP contribution in [0.1, 0.15) is 101 Å². The van der Waals surface area contributed by atoms with Gasteiger partial charge in [0.1, 0.15) is 0 Å². The zero-order valence-electron chi connectivity index (χ0n) is 32.8. The average Bonchev–Trinajstić information content (AvgIpc) is 3.92. The van der Waals surface area contributed by atoms with E-state index in [0.29, 0.717) is 42.0 Å². The highest BCUT2D eigenvalue weighted by Gasteiger charge is 2.57. The van der Waals surface area contributed by atoms with Crippen LogP contribution in [0.25, 0.3) is 11.1 Å². The number of ketones is 1. The minimum atomic E-state index is -0.623. The molecule has 2 aliphatic carbocycles. The Hall–Kier alpha value is -4.36. The summed E-state index contributed by atoms with van der Waals surface area (Å²) >= 11 is 7.04. The number of carbonyl (C=O) groups is 3. The highest BCUT2D eigenvalue weighted by atomic mass is 35.5. The Kier molecular flexibility index (Phi) is 10.2. The Morgan fingerprint density at radius 2 is 1.52 bits per heavy atom. The third kappa shape index (κ3) is 6.99. The summed E-state index contributed by atoms with van der Waals surface area (Å²) in [5, 5.41) is 23.1. The van der Waals surface area contributed by atoms with E-state index in [2.05, 4.69) is 15.1 Å². The van der Waals surface area contributed by atoms with Crippen molar-refractivity contribution in [3.8, 4) is 11.1 Å². The summed E-state index contributed by atoms with van der Waals surface area (Å²) in [4.78, 5) is 53.6. The number of imidazole rings is 2. The number of aliphatic hydroxyl groups excluding tert-OH is 1. The normalized spacial score (nSPS) is 22.5. The molecule has 296 valence electrons. The first-order valence-electron chi connectivity index (χ1n) is 19.9. The number of carbonyl (C=O) groups excluding carboxylic acids is 2. The summed E-state index contributed by atoms with van der Waals surface area (Å²) in [6.07, 6.45) is 6.73. The lowest BCUT2D eigenvalue weighted by molar-refractivity contribution is -0.148. The zero-order chi connectivity index (χ0) is 39.5. The van der Waals surface area contributed by atoms with Crippen LogP contribution in [0.3, 0.4) is 0 Å². The van der Waals surface area contributed by atoms with E-state index in [1.807, 2.05) is 60.5 Å². The number of β-amino-alcohol motifs (C(OH)–C–C–N with tert-alkyl or cyclic N) is 1.